The minimum atomic E-state index is 0.395. The van der Waals surface area contributed by atoms with Crippen molar-refractivity contribution in [3.05, 3.63) is 24.3 Å². The molecule has 0 spiro atoms. The molecule has 3 rings (SSSR count). The van der Waals surface area contributed by atoms with Crippen LogP contribution in [0.15, 0.2) is 18.5 Å². The van der Waals surface area contributed by atoms with E-state index in [9.17, 15) is 0 Å². The SMILES string of the molecule is CC(C)OCC1CCN(C2CCCCC2)CC1.CC(C)c1ncccn1. The van der Waals surface area contributed by atoms with Gasteiger partial charge in [-0.05, 0) is 64.6 Å². The first-order valence-corrected chi connectivity index (χ1v) is 10.7. The fourth-order valence-corrected chi connectivity index (χ4v) is 3.87. The summed E-state index contributed by atoms with van der Waals surface area (Å²) in [5.74, 6) is 2.17. The van der Waals surface area contributed by atoms with Crippen LogP contribution in [-0.4, -0.2) is 46.7 Å². The number of piperidine rings is 1. The molecule has 0 bridgehead atoms. The average Bonchev–Trinajstić information content (AvgIpc) is 2.68. The second-order valence-corrected chi connectivity index (χ2v) is 8.41. The standard InChI is InChI=1S/C15H29NO.C7H10N2/c1-13(2)17-12-14-8-10-16(11-9-14)15-6-4-3-5-7-15;1-6(2)7-8-4-3-5-9-7/h13-15H,3-12H2,1-2H3;3-6H,1-2H3. The Morgan fingerprint density at radius 1 is 0.962 bits per heavy atom. The van der Waals surface area contributed by atoms with Crippen molar-refractivity contribution in [3.8, 4) is 0 Å². The fourth-order valence-electron chi connectivity index (χ4n) is 3.87. The summed E-state index contributed by atoms with van der Waals surface area (Å²) in [5.41, 5.74) is 0. The molecule has 1 saturated carbocycles. The highest BCUT2D eigenvalue weighted by molar-refractivity contribution is 4.92. The molecule has 0 radical (unpaired) electrons. The lowest BCUT2D eigenvalue weighted by Gasteiger charge is -2.39. The van der Waals surface area contributed by atoms with Crippen LogP contribution < -0.4 is 0 Å². The molecule has 0 unspecified atom stereocenters. The molecule has 0 atom stereocenters. The lowest BCUT2D eigenvalue weighted by molar-refractivity contribution is 0.0208. The van der Waals surface area contributed by atoms with Gasteiger partial charge in [0.05, 0.1) is 6.10 Å². The second kappa shape index (κ2) is 11.7. The molecule has 2 heterocycles. The van der Waals surface area contributed by atoms with Crippen molar-refractivity contribution < 1.29 is 4.74 Å². The van der Waals surface area contributed by atoms with E-state index in [0.29, 0.717) is 12.0 Å². The zero-order valence-corrected chi connectivity index (χ0v) is 17.4. The smallest absolute Gasteiger partial charge is 0.130 e. The van der Waals surface area contributed by atoms with Gasteiger partial charge in [-0.1, -0.05) is 33.1 Å². The first kappa shape index (κ1) is 21.3. The monoisotopic (exact) mass is 361 g/mol. The third-order valence-electron chi connectivity index (χ3n) is 5.51. The van der Waals surface area contributed by atoms with E-state index in [4.69, 9.17) is 4.74 Å². The maximum absolute atomic E-state index is 5.74. The number of aromatic nitrogens is 2. The van der Waals surface area contributed by atoms with Crippen LogP contribution in [0.4, 0.5) is 0 Å². The summed E-state index contributed by atoms with van der Waals surface area (Å²) in [4.78, 5) is 10.9. The zero-order chi connectivity index (χ0) is 18.8. The normalized spacial score (nSPS) is 20.2. The number of nitrogens with zero attached hydrogens (tertiary/aromatic N) is 3. The Hall–Kier alpha value is -1.00. The number of ether oxygens (including phenoxy) is 1. The zero-order valence-electron chi connectivity index (χ0n) is 17.4. The van der Waals surface area contributed by atoms with E-state index in [0.717, 1.165) is 24.4 Å². The summed E-state index contributed by atoms with van der Waals surface area (Å²) in [6.45, 7) is 12.0. The molecule has 148 valence electrons. The van der Waals surface area contributed by atoms with E-state index in [1.807, 2.05) is 6.07 Å². The van der Waals surface area contributed by atoms with E-state index in [1.165, 1.54) is 58.0 Å². The van der Waals surface area contributed by atoms with E-state index in [1.54, 1.807) is 12.4 Å². The van der Waals surface area contributed by atoms with Crippen LogP contribution in [0.1, 0.15) is 84.4 Å². The molecule has 4 heteroatoms. The van der Waals surface area contributed by atoms with E-state index in [-0.39, 0.29) is 0 Å². The van der Waals surface area contributed by atoms with Gasteiger partial charge in [-0.15, -0.1) is 0 Å². The highest BCUT2D eigenvalue weighted by Gasteiger charge is 2.26. The van der Waals surface area contributed by atoms with Gasteiger partial charge in [0, 0.05) is 31.0 Å². The summed E-state index contributed by atoms with van der Waals surface area (Å²) in [6.07, 6.45) is 13.9. The van der Waals surface area contributed by atoms with Crippen molar-refractivity contribution in [1.29, 1.82) is 0 Å². The molecule has 4 nitrogen and oxygen atoms in total. The highest BCUT2D eigenvalue weighted by atomic mass is 16.5. The number of hydrogen-bond acceptors (Lipinski definition) is 4. The molecule has 1 aliphatic carbocycles. The molecule has 1 aromatic rings. The Morgan fingerprint density at radius 2 is 1.58 bits per heavy atom. The van der Waals surface area contributed by atoms with E-state index in [2.05, 4.69) is 42.6 Å². The maximum atomic E-state index is 5.74. The van der Waals surface area contributed by atoms with Crippen LogP contribution in [-0.2, 0) is 4.74 Å². The topological polar surface area (TPSA) is 38.2 Å². The van der Waals surface area contributed by atoms with Crippen LogP contribution in [0.3, 0.4) is 0 Å². The predicted molar refractivity (Wildman–Crippen MR) is 108 cm³/mol. The van der Waals surface area contributed by atoms with Gasteiger partial charge in [0.15, 0.2) is 0 Å². The molecular weight excluding hydrogens is 322 g/mol. The highest BCUT2D eigenvalue weighted by Crippen LogP contribution is 2.27. The number of hydrogen-bond donors (Lipinski definition) is 0. The largest absolute Gasteiger partial charge is 0.379 e. The molecule has 26 heavy (non-hydrogen) atoms. The summed E-state index contributed by atoms with van der Waals surface area (Å²) in [6, 6.07) is 2.74. The third-order valence-corrected chi connectivity index (χ3v) is 5.51. The lowest BCUT2D eigenvalue weighted by atomic mass is 9.90. The maximum Gasteiger partial charge on any atom is 0.130 e. The number of rotatable bonds is 5. The molecule has 0 amide bonds. The minimum absolute atomic E-state index is 0.395. The van der Waals surface area contributed by atoms with Gasteiger partial charge in [0.25, 0.3) is 0 Å². The van der Waals surface area contributed by atoms with Crippen molar-refractivity contribution in [1.82, 2.24) is 14.9 Å². The van der Waals surface area contributed by atoms with Crippen molar-refractivity contribution in [2.24, 2.45) is 5.92 Å². The quantitative estimate of drug-likeness (QED) is 0.735. The van der Waals surface area contributed by atoms with Crippen LogP contribution in [0.2, 0.25) is 0 Å². The van der Waals surface area contributed by atoms with Crippen molar-refractivity contribution in [2.45, 2.75) is 90.7 Å². The Kier molecular flexibility index (Phi) is 9.55. The molecule has 2 fully saturated rings. The Labute approximate surface area is 160 Å². The summed E-state index contributed by atoms with van der Waals surface area (Å²) in [7, 11) is 0. The fraction of sp³-hybridized carbons (Fsp3) is 0.818. The molecule has 0 aromatic carbocycles. The van der Waals surface area contributed by atoms with Crippen molar-refractivity contribution >= 4 is 0 Å². The minimum Gasteiger partial charge on any atom is -0.379 e. The van der Waals surface area contributed by atoms with Gasteiger partial charge in [0.1, 0.15) is 5.82 Å². The third kappa shape index (κ3) is 7.71. The molecular formula is C22H39N3O. The first-order valence-electron chi connectivity index (χ1n) is 10.7. The van der Waals surface area contributed by atoms with Crippen molar-refractivity contribution in [3.63, 3.8) is 0 Å². The van der Waals surface area contributed by atoms with Crippen molar-refractivity contribution in [2.75, 3.05) is 19.7 Å². The van der Waals surface area contributed by atoms with E-state index < -0.39 is 0 Å². The Morgan fingerprint density at radius 3 is 2.08 bits per heavy atom. The first-order chi connectivity index (χ1) is 12.6. The number of likely N-dealkylation sites (tertiary alicyclic amines) is 1. The van der Waals surface area contributed by atoms with Crippen LogP contribution >= 0.6 is 0 Å². The van der Waals surface area contributed by atoms with Crippen LogP contribution in [0, 0.1) is 5.92 Å². The van der Waals surface area contributed by atoms with Gasteiger partial charge >= 0.3 is 0 Å². The van der Waals surface area contributed by atoms with Crippen LogP contribution in [0.25, 0.3) is 0 Å². The lowest BCUT2D eigenvalue weighted by Crippen LogP contribution is -2.43. The predicted octanol–water partition coefficient (Wildman–Crippen LogP) is 5.06. The molecule has 0 N–H and O–H groups in total. The Balaban J connectivity index is 0.000000228. The molecule has 2 aliphatic rings. The summed E-state index contributed by atoms with van der Waals surface area (Å²) in [5, 5.41) is 0. The summed E-state index contributed by atoms with van der Waals surface area (Å²) >= 11 is 0. The van der Waals surface area contributed by atoms with Gasteiger partial charge in [-0.3, -0.25) is 0 Å². The van der Waals surface area contributed by atoms with E-state index >= 15 is 0 Å². The van der Waals surface area contributed by atoms with Gasteiger partial charge in [-0.25, -0.2) is 9.97 Å². The van der Waals surface area contributed by atoms with Crippen LogP contribution in [0.5, 0.6) is 0 Å². The Bertz CT molecular complexity index is 464. The summed E-state index contributed by atoms with van der Waals surface area (Å²) < 4.78 is 5.74. The molecule has 1 aromatic heterocycles. The van der Waals surface area contributed by atoms with Gasteiger partial charge in [-0.2, -0.15) is 0 Å². The average molecular weight is 362 g/mol. The van der Waals surface area contributed by atoms with Gasteiger partial charge < -0.3 is 9.64 Å². The van der Waals surface area contributed by atoms with Gasteiger partial charge in [0.2, 0.25) is 0 Å². The second-order valence-electron chi connectivity index (χ2n) is 8.41. The molecule has 1 aliphatic heterocycles. The molecule has 1 saturated heterocycles.